The fourth-order valence-corrected chi connectivity index (χ4v) is 6.11. The van der Waals surface area contributed by atoms with E-state index in [1.165, 1.54) is 23.8 Å². The molecule has 0 unspecified atom stereocenters. The van der Waals surface area contributed by atoms with E-state index in [-0.39, 0.29) is 23.7 Å². The van der Waals surface area contributed by atoms with E-state index >= 15 is 0 Å². The first-order valence-corrected chi connectivity index (χ1v) is 15.7. The zero-order valence-electron chi connectivity index (χ0n) is 25.0. The third kappa shape index (κ3) is 5.98. The molecule has 2 heterocycles. The van der Waals surface area contributed by atoms with E-state index in [1.54, 1.807) is 37.3 Å². The van der Waals surface area contributed by atoms with Gasteiger partial charge in [-0.25, -0.2) is 4.98 Å². The van der Waals surface area contributed by atoms with Crippen LogP contribution in [0.3, 0.4) is 0 Å². The Kier molecular flexibility index (Phi) is 8.25. The highest BCUT2D eigenvalue weighted by molar-refractivity contribution is 7.86. The van der Waals surface area contributed by atoms with Gasteiger partial charge in [0.1, 0.15) is 13.2 Å². The van der Waals surface area contributed by atoms with Crippen LogP contribution in [0.5, 0.6) is 11.5 Å². The molecular weight excluding hydrogens is 590 g/mol. The number of ether oxygens (including phenoxy) is 2. The molecular formula is C35H31N3O6S. The molecule has 0 fully saturated rings. The number of nitrogens with zero attached hydrogens (tertiary/aromatic N) is 2. The van der Waals surface area contributed by atoms with Gasteiger partial charge in [0, 0.05) is 5.56 Å². The number of fused-ring (bicyclic) bond motifs is 1. The van der Waals surface area contributed by atoms with Gasteiger partial charge in [0.05, 0.1) is 34.5 Å². The predicted molar refractivity (Wildman–Crippen MR) is 173 cm³/mol. The van der Waals surface area contributed by atoms with E-state index in [0.717, 1.165) is 27.9 Å². The molecule has 6 rings (SSSR count). The molecule has 0 bridgehead atoms. The second-order valence-corrected chi connectivity index (χ2v) is 12.0. The minimum atomic E-state index is -3.94. The summed E-state index contributed by atoms with van der Waals surface area (Å²) >= 11 is 0. The molecule has 10 heteroatoms. The van der Waals surface area contributed by atoms with Crippen molar-refractivity contribution in [3.05, 3.63) is 125 Å². The maximum Gasteiger partial charge on any atom is 0.297 e. The summed E-state index contributed by atoms with van der Waals surface area (Å²) in [6.45, 7) is 3.39. The fraction of sp³-hybridized carbons (Fsp3) is 0.143. The minimum absolute atomic E-state index is 0.0710. The van der Waals surface area contributed by atoms with Crippen molar-refractivity contribution in [2.24, 2.45) is 0 Å². The average Bonchev–Trinajstić information content (AvgIpc) is 3.44. The number of H-pyrrole nitrogens is 1. The molecule has 0 atom stereocenters. The molecule has 0 saturated heterocycles. The summed E-state index contributed by atoms with van der Waals surface area (Å²) in [5.41, 5.74) is 6.14. The molecule has 0 saturated carbocycles. The summed E-state index contributed by atoms with van der Waals surface area (Å²) in [5, 5.41) is 3.31. The Hall–Kier alpha value is -5.19. The van der Waals surface area contributed by atoms with Gasteiger partial charge in [0.15, 0.2) is 17.1 Å². The molecule has 0 aliphatic rings. The third-order valence-electron chi connectivity index (χ3n) is 7.43. The third-order valence-corrected chi connectivity index (χ3v) is 8.75. The molecule has 0 amide bonds. The number of benzene rings is 4. The summed E-state index contributed by atoms with van der Waals surface area (Å²) in [7, 11) is -2.44. The van der Waals surface area contributed by atoms with E-state index in [2.05, 4.69) is 5.10 Å². The molecule has 6 aromatic rings. The van der Waals surface area contributed by atoms with Crippen molar-refractivity contribution in [1.29, 1.82) is 0 Å². The van der Waals surface area contributed by atoms with Gasteiger partial charge < -0.3 is 9.47 Å². The summed E-state index contributed by atoms with van der Waals surface area (Å²) < 4.78 is 43.1. The van der Waals surface area contributed by atoms with Crippen LogP contribution >= 0.6 is 0 Å². The van der Waals surface area contributed by atoms with Crippen LogP contribution in [0.25, 0.3) is 39.2 Å². The standard InChI is InChI=1S/C35H31N3O6S/c1-23-14-17-28(18-15-23)45(40,41)44-21-20-43-30-22-27(16-19-29(30)42-3)31-24(2)36-34-32(25-10-6-4-7-11-25)33(37-38(34)35(31)39)26-12-8-5-9-13-26/h4-19,22,37H,20-21H2,1-3H3. The van der Waals surface area contributed by atoms with Crippen molar-refractivity contribution in [3.8, 4) is 45.0 Å². The highest BCUT2D eigenvalue weighted by Crippen LogP contribution is 2.36. The molecule has 228 valence electrons. The quantitative estimate of drug-likeness (QED) is 0.139. The van der Waals surface area contributed by atoms with Crippen LogP contribution in [0.4, 0.5) is 0 Å². The first kappa shape index (κ1) is 29.9. The Bertz CT molecular complexity index is 2140. The van der Waals surface area contributed by atoms with Crippen LogP contribution in [0, 0.1) is 13.8 Å². The normalized spacial score (nSPS) is 11.5. The molecule has 4 aromatic carbocycles. The molecule has 2 aromatic heterocycles. The Morgan fingerprint density at radius 3 is 2.09 bits per heavy atom. The van der Waals surface area contributed by atoms with E-state index in [1.807, 2.05) is 67.6 Å². The number of aromatic amines is 1. The second kappa shape index (κ2) is 12.4. The summed E-state index contributed by atoms with van der Waals surface area (Å²) in [5.74, 6) is 0.751. The van der Waals surface area contributed by atoms with E-state index in [0.29, 0.717) is 34.0 Å². The smallest absolute Gasteiger partial charge is 0.297 e. The van der Waals surface area contributed by atoms with Crippen molar-refractivity contribution in [2.45, 2.75) is 18.7 Å². The molecule has 9 nitrogen and oxygen atoms in total. The van der Waals surface area contributed by atoms with Gasteiger partial charge in [-0.1, -0.05) is 84.4 Å². The lowest BCUT2D eigenvalue weighted by molar-refractivity contribution is 0.215. The van der Waals surface area contributed by atoms with Crippen LogP contribution < -0.4 is 15.0 Å². The molecule has 0 aliphatic carbocycles. The molecule has 1 N–H and O–H groups in total. The number of methoxy groups -OCH3 is 1. The highest BCUT2D eigenvalue weighted by Gasteiger charge is 2.22. The summed E-state index contributed by atoms with van der Waals surface area (Å²) in [6.07, 6.45) is 0. The van der Waals surface area contributed by atoms with Gasteiger partial charge in [-0.15, -0.1) is 0 Å². The Morgan fingerprint density at radius 2 is 1.42 bits per heavy atom. The zero-order valence-corrected chi connectivity index (χ0v) is 25.8. The van der Waals surface area contributed by atoms with Crippen LogP contribution in [-0.4, -0.2) is 43.3 Å². The fourth-order valence-electron chi connectivity index (χ4n) is 5.22. The van der Waals surface area contributed by atoms with Crippen molar-refractivity contribution in [2.75, 3.05) is 20.3 Å². The van der Waals surface area contributed by atoms with Gasteiger partial charge in [-0.2, -0.15) is 12.9 Å². The van der Waals surface area contributed by atoms with Crippen LogP contribution in [0.15, 0.2) is 113 Å². The maximum absolute atomic E-state index is 14.1. The topological polar surface area (TPSA) is 112 Å². The second-order valence-electron chi connectivity index (χ2n) is 10.4. The summed E-state index contributed by atoms with van der Waals surface area (Å²) in [4.78, 5) is 19.1. The SMILES string of the molecule is COc1ccc(-c2c(C)nc3c(-c4ccccc4)c(-c4ccccc4)[nH]n3c2=O)cc1OCCOS(=O)(=O)c1ccc(C)cc1. The number of rotatable bonds is 10. The van der Waals surface area contributed by atoms with Gasteiger partial charge in [-0.05, 0) is 49.2 Å². The molecule has 0 aliphatic heterocycles. The van der Waals surface area contributed by atoms with Crippen molar-refractivity contribution < 1.29 is 22.1 Å². The van der Waals surface area contributed by atoms with Gasteiger partial charge in [0.25, 0.3) is 15.7 Å². The Labute approximate surface area is 260 Å². The Balaban J connectivity index is 1.34. The predicted octanol–water partition coefficient (Wildman–Crippen LogP) is 6.43. The molecule has 0 spiro atoms. The van der Waals surface area contributed by atoms with E-state index < -0.39 is 10.1 Å². The highest BCUT2D eigenvalue weighted by atomic mass is 32.2. The average molecular weight is 622 g/mol. The van der Waals surface area contributed by atoms with Crippen LogP contribution in [0.2, 0.25) is 0 Å². The number of hydrogen-bond acceptors (Lipinski definition) is 7. The van der Waals surface area contributed by atoms with Gasteiger partial charge in [-0.3, -0.25) is 14.1 Å². The lowest BCUT2D eigenvalue weighted by Gasteiger charge is -2.13. The first-order chi connectivity index (χ1) is 21.8. The number of nitrogens with one attached hydrogen (secondary N) is 1. The van der Waals surface area contributed by atoms with Crippen LogP contribution in [0.1, 0.15) is 11.3 Å². The monoisotopic (exact) mass is 621 g/mol. The van der Waals surface area contributed by atoms with Crippen molar-refractivity contribution in [1.82, 2.24) is 14.6 Å². The molecule has 45 heavy (non-hydrogen) atoms. The van der Waals surface area contributed by atoms with Crippen molar-refractivity contribution in [3.63, 3.8) is 0 Å². The largest absolute Gasteiger partial charge is 0.493 e. The number of aromatic nitrogens is 3. The lowest BCUT2D eigenvalue weighted by Crippen LogP contribution is -2.19. The Morgan fingerprint density at radius 1 is 0.756 bits per heavy atom. The van der Waals surface area contributed by atoms with Crippen molar-refractivity contribution >= 4 is 15.8 Å². The van der Waals surface area contributed by atoms with Crippen LogP contribution in [-0.2, 0) is 14.3 Å². The minimum Gasteiger partial charge on any atom is -0.493 e. The van der Waals surface area contributed by atoms with E-state index in [4.69, 9.17) is 18.6 Å². The summed E-state index contributed by atoms with van der Waals surface area (Å²) in [6, 6.07) is 31.2. The van der Waals surface area contributed by atoms with Gasteiger partial charge in [0.2, 0.25) is 0 Å². The van der Waals surface area contributed by atoms with Gasteiger partial charge >= 0.3 is 0 Å². The maximum atomic E-state index is 14.1. The number of hydrogen-bond donors (Lipinski definition) is 1. The van der Waals surface area contributed by atoms with E-state index in [9.17, 15) is 13.2 Å². The lowest BCUT2D eigenvalue weighted by atomic mass is 10.0. The molecule has 0 radical (unpaired) electrons. The zero-order chi connectivity index (χ0) is 31.6. The first-order valence-electron chi connectivity index (χ1n) is 14.3. The number of aryl methyl sites for hydroxylation is 2.